The molecule has 0 bridgehead atoms. The molecule has 4 nitrogen and oxygen atoms in total. The highest BCUT2D eigenvalue weighted by Crippen LogP contribution is 2.38. The molecule has 2 fully saturated rings. The van der Waals surface area contributed by atoms with Crippen molar-refractivity contribution in [3.8, 4) is 0 Å². The van der Waals surface area contributed by atoms with Crippen LogP contribution in [0.1, 0.15) is 38.2 Å². The number of piperidine rings is 1. The normalized spacial score (nSPS) is 22.8. The van der Waals surface area contributed by atoms with Gasteiger partial charge in [0.2, 0.25) is 5.91 Å². The standard InChI is InChI=1S/C22H33N3O.2ClH/c1-17(15-18-7-5-4-6-8-18)20-16-21(20)23-19-9-12-25(13-10-19)14-11-22(26)24(2)3;;/h4-8,15,19-21,23H,9-14,16H2,1-3H3;2*1H/t20-,21+;;/m0../s1. The fraction of sp³-hybridized carbons (Fsp3) is 0.591. The van der Waals surface area contributed by atoms with E-state index in [2.05, 4.69) is 53.5 Å². The second kappa shape index (κ2) is 11.8. The Labute approximate surface area is 182 Å². The Hall–Kier alpha value is -1.07. The molecule has 0 radical (unpaired) electrons. The van der Waals surface area contributed by atoms with Gasteiger partial charge in [0.15, 0.2) is 0 Å². The lowest BCUT2D eigenvalue weighted by Gasteiger charge is -2.32. The summed E-state index contributed by atoms with van der Waals surface area (Å²) < 4.78 is 0. The van der Waals surface area contributed by atoms with Crippen LogP contribution in [-0.4, -0.2) is 61.5 Å². The summed E-state index contributed by atoms with van der Waals surface area (Å²) in [7, 11) is 3.66. The van der Waals surface area contributed by atoms with E-state index in [0.29, 0.717) is 24.4 Å². The molecule has 0 unspecified atom stereocenters. The smallest absolute Gasteiger partial charge is 0.223 e. The Morgan fingerprint density at radius 3 is 2.43 bits per heavy atom. The summed E-state index contributed by atoms with van der Waals surface area (Å²) in [6.45, 7) is 5.38. The summed E-state index contributed by atoms with van der Waals surface area (Å²) in [6, 6.07) is 11.9. The van der Waals surface area contributed by atoms with Gasteiger partial charge in [-0.25, -0.2) is 0 Å². The molecule has 1 aromatic rings. The second-order valence-corrected chi connectivity index (χ2v) is 8.07. The maximum absolute atomic E-state index is 11.7. The quantitative estimate of drug-likeness (QED) is 0.717. The molecule has 2 atom stereocenters. The van der Waals surface area contributed by atoms with Crippen molar-refractivity contribution in [3.05, 3.63) is 41.5 Å². The topological polar surface area (TPSA) is 35.6 Å². The lowest BCUT2D eigenvalue weighted by molar-refractivity contribution is -0.129. The van der Waals surface area contributed by atoms with Gasteiger partial charge in [-0.05, 0) is 50.8 Å². The number of carbonyl (C=O) groups excluding carboxylic acids is 1. The molecule has 1 heterocycles. The Morgan fingerprint density at radius 1 is 1.18 bits per heavy atom. The molecule has 0 spiro atoms. The molecular formula is C22H35Cl2N3O. The van der Waals surface area contributed by atoms with Gasteiger partial charge in [0.25, 0.3) is 0 Å². The molecule has 1 saturated heterocycles. The minimum atomic E-state index is 0. The van der Waals surface area contributed by atoms with Crippen LogP contribution in [0.15, 0.2) is 35.9 Å². The van der Waals surface area contributed by atoms with E-state index in [1.165, 1.54) is 30.4 Å². The Bertz CT molecular complexity index is 628. The third-order valence-electron chi connectivity index (χ3n) is 5.75. The van der Waals surface area contributed by atoms with Crippen LogP contribution in [0.25, 0.3) is 6.08 Å². The van der Waals surface area contributed by atoms with E-state index in [4.69, 9.17) is 0 Å². The number of hydrogen-bond acceptors (Lipinski definition) is 3. The Kier molecular flexibility index (Phi) is 10.5. The molecule has 158 valence electrons. The number of nitrogens with zero attached hydrogens (tertiary/aromatic N) is 2. The number of amides is 1. The van der Waals surface area contributed by atoms with E-state index >= 15 is 0 Å². The van der Waals surface area contributed by atoms with E-state index in [-0.39, 0.29) is 30.7 Å². The average Bonchev–Trinajstić information content (AvgIpc) is 3.41. The molecule has 1 amide bonds. The number of benzene rings is 1. The maximum Gasteiger partial charge on any atom is 0.223 e. The number of rotatable bonds is 7. The van der Waals surface area contributed by atoms with Gasteiger partial charge in [0, 0.05) is 39.1 Å². The minimum absolute atomic E-state index is 0. The van der Waals surface area contributed by atoms with E-state index in [1.807, 2.05) is 14.1 Å². The lowest BCUT2D eigenvalue weighted by atomic mass is 10.0. The summed E-state index contributed by atoms with van der Waals surface area (Å²) in [5.74, 6) is 0.928. The van der Waals surface area contributed by atoms with Gasteiger partial charge >= 0.3 is 0 Å². The number of halogens is 2. The average molecular weight is 428 g/mol. The van der Waals surface area contributed by atoms with E-state index in [1.54, 1.807) is 4.90 Å². The fourth-order valence-electron chi connectivity index (χ4n) is 3.90. The van der Waals surface area contributed by atoms with Crippen molar-refractivity contribution in [2.24, 2.45) is 5.92 Å². The van der Waals surface area contributed by atoms with Crippen LogP contribution in [0, 0.1) is 5.92 Å². The molecule has 3 rings (SSSR count). The highest BCUT2D eigenvalue weighted by Gasteiger charge is 2.39. The minimum Gasteiger partial charge on any atom is -0.349 e. The van der Waals surface area contributed by atoms with Crippen LogP contribution in [0.3, 0.4) is 0 Å². The first-order valence-electron chi connectivity index (χ1n) is 9.94. The fourth-order valence-corrected chi connectivity index (χ4v) is 3.90. The lowest BCUT2D eigenvalue weighted by Crippen LogP contribution is -2.44. The zero-order valence-electron chi connectivity index (χ0n) is 17.3. The Morgan fingerprint density at radius 2 is 1.82 bits per heavy atom. The van der Waals surface area contributed by atoms with Gasteiger partial charge < -0.3 is 15.1 Å². The van der Waals surface area contributed by atoms with Crippen molar-refractivity contribution in [3.63, 3.8) is 0 Å². The van der Waals surface area contributed by atoms with Crippen LogP contribution in [-0.2, 0) is 4.79 Å². The number of likely N-dealkylation sites (tertiary alicyclic amines) is 1. The molecule has 1 aliphatic heterocycles. The molecule has 2 aliphatic rings. The summed E-state index contributed by atoms with van der Waals surface area (Å²) in [4.78, 5) is 15.8. The van der Waals surface area contributed by atoms with Crippen LogP contribution in [0.2, 0.25) is 0 Å². The SMILES string of the molecule is CC(=Cc1ccccc1)[C@@H]1C[C@H]1NC1CCN(CCC(=O)N(C)C)CC1.Cl.Cl. The predicted octanol–water partition coefficient (Wildman–Crippen LogP) is 3.85. The van der Waals surface area contributed by atoms with E-state index in [9.17, 15) is 4.79 Å². The number of carbonyl (C=O) groups is 1. The van der Waals surface area contributed by atoms with Crippen molar-refractivity contribution < 1.29 is 4.79 Å². The van der Waals surface area contributed by atoms with Gasteiger partial charge in [-0.3, -0.25) is 4.79 Å². The molecular weight excluding hydrogens is 393 g/mol. The molecule has 0 aromatic heterocycles. The first kappa shape index (κ1) is 25.0. The van der Waals surface area contributed by atoms with Crippen LogP contribution in [0.5, 0.6) is 0 Å². The van der Waals surface area contributed by atoms with Gasteiger partial charge in [-0.1, -0.05) is 42.0 Å². The third kappa shape index (κ3) is 7.40. The first-order valence-corrected chi connectivity index (χ1v) is 9.94. The highest BCUT2D eigenvalue weighted by molar-refractivity contribution is 5.85. The van der Waals surface area contributed by atoms with Gasteiger partial charge in [-0.2, -0.15) is 0 Å². The van der Waals surface area contributed by atoms with Gasteiger partial charge in [0.1, 0.15) is 0 Å². The Balaban J connectivity index is 0.00000196. The van der Waals surface area contributed by atoms with E-state index in [0.717, 1.165) is 19.6 Å². The van der Waals surface area contributed by atoms with Crippen molar-refractivity contribution in [2.45, 2.75) is 44.7 Å². The monoisotopic (exact) mass is 427 g/mol. The van der Waals surface area contributed by atoms with Crippen molar-refractivity contribution in [2.75, 3.05) is 33.7 Å². The van der Waals surface area contributed by atoms with Crippen LogP contribution in [0.4, 0.5) is 0 Å². The van der Waals surface area contributed by atoms with Gasteiger partial charge in [0.05, 0.1) is 0 Å². The summed E-state index contributed by atoms with van der Waals surface area (Å²) in [5.41, 5.74) is 2.80. The molecule has 1 aromatic carbocycles. The molecule has 28 heavy (non-hydrogen) atoms. The summed E-state index contributed by atoms with van der Waals surface area (Å²) in [6.07, 6.45) is 6.63. The zero-order valence-corrected chi connectivity index (χ0v) is 18.9. The third-order valence-corrected chi connectivity index (χ3v) is 5.75. The van der Waals surface area contributed by atoms with Crippen LogP contribution < -0.4 is 5.32 Å². The number of nitrogens with one attached hydrogen (secondary N) is 1. The molecule has 6 heteroatoms. The highest BCUT2D eigenvalue weighted by atomic mass is 35.5. The molecule has 1 aliphatic carbocycles. The number of hydrogen-bond donors (Lipinski definition) is 1. The molecule has 1 saturated carbocycles. The van der Waals surface area contributed by atoms with Gasteiger partial charge in [-0.15, -0.1) is 24.8 Å². The zero-order chi connectivity index (χ0) is 18.5. The predicted molar refractivity (Wildman–Crippen MR) is 122 cm³/mol. The second-order valence-electron chi connectivity index (χ2n) is 8.07. The van der Waals surface area contributed by atoms with Crippen molar-refractivity contribution in [1.29, 1.82) is 0 Å². The summed E-state index contributed by atoms with van der Waals surface area (Å²) >= 11 is 0. The largest absolute Gasteiger partial charge is 0.349 e. The van der Waals surface area contributed by atoms with Crippen LogP contribution >= 0.6 is 24.8 Å². The van der Waals surface area contributed by atoms with Crippen molar-refractivity contribution in [1.82, 2.24) is 15.1 Å². The summed E-state index contributed by atoms with van der Waals surface area (Å²) in [5, 5.41) is 3.87. The maximum atomic E-state index is 11.7. The van der Waals surface area contributed by atoms with E-state index < -0.39 is 0 Å². The van der Waals surface area contributed by atoms with Crippen molar-refractivity contribution >= 4 is 36.8 Å². The molecule has 1 N–H and O–H groups in total. The first-order chi connectivity index (χ1) is 12.5.